The van der Waals surface area contributed by atoms with Gasteiger partial charge in [0, 0.05) is 11.5 Å². The molecule has 0 aromatic heterocycles. The Bertz CT molecular complexity index is 1590. The van der Waals surface area contributed by atoms with Crippen molar-refractivity contribution in [2.75, 3.05) is 17.5 Å². The first-order chi connectivity index (χ1) is 19.9. The topological polar surface area (TPSA) is 145 Å². The van der Waals surface area contributed by atoms with E-state index in [-0.39, 0.29) is 40.8 Å². The molecule has 2 aliphatic heterocycles. The molecule has 2 aliphatic carbocycles. The third kappa shape index (κ3) is 3.78. The Labute approximate surface area is 259 Å². The van der Waals surface area contributed by atoms with E-state index in [0.29, 0.717) is 11.3 Å². The SMILES string of the molecule is COc1ccc(O)c(C2C3=CCC4C(=O)N(c5cccc(B(O)O)c5)C(=O)C4C3CC3(Cl)C(=O)N(CBr)C(=O)C23Cl)c1. The molecule has 0 radical (unpaired) electrons. The second-order valence-electron chi connectivity index (χ2n) is 10.9. The minimum atomic E-state index is -2.06. The molecule has 1 saturated carbocycles. The van der Waals surface area contributed by atoms with Crippen molar-refractivity contribution in [1.82, 2.24) is 4.90 Å². The zero-order chi connectivity index (χ0) is 30.3. The van der Waals surface area contributed by atoms with E-state index >= 15 is 0 Å². The summed E-state index contributed by atoms with van der Waals surface area (Å²) in [6.45, 7) is 0. The summed E-state index contributed by atoms with van der Waals surface area (Å²) in [4.78, 5) is 53.2. The summed E-state index contributed by atoms with van der Waals surface area (Å²) in [6, 6.07) is 10.3. The van der Waals surface area contributed by atoms with Crippen LogP contribution in [0, 0.1) is 17.8 Å². The number of rotatable bonds is 5. The van der Waals surface area contributed by atoms with E-state index in [1.165, 1.54) is 49.6 Å². The molecule has 42 heavy (non-hydrogen) atoms. The fraction of sp³-hybridized carbons (Fsp3) is 0.357. The number of hydrogen-bond donors (Lipinski definition) is 3. The average molecular weight is 678 g/mol. The maximum absolute atomic E-state index is 14.1. The van der Waals surface area contributed by atoms with Gasteiger partial charge in [-0.25, -0.2) is 0 Å². The molecule has 4 amide bonds. The van der Waals surface area contributed by atoms with Crippen molar-refractivity contribution in [2.45, 2.75) is 28.5 Å². The predicted octanol–water partition coefficient (Wildman–Crippen LogP) is 2.00. The van der Waals surface area contributed by atoms with Crippen LogP contribution < -0.4 is 15.1 Å². The Kier molecular flexibility index (Phi) is 7.01. The van der Waals surface area contributed by atoms with Crippen molar-refractivity contribution < 1.29 is 39.1 Å². The van der Waals surface area contributed by atoms with Gasteiger partial charge in [0.25, 0.3) is 11.8 Å². The average Bonchev–Trinajstić information content (AvgIpc) is 3.31. The highest BCUT2D eigenvalue weighted by atomic mass is 79.9. The van der Waals surface area contributed by atoms with Gasteiger partial charge in [0.2, 0.25) is 11.8 Å². The molecule has 3 fully saturated rings. The number of hydrogen-bond acceptors (Lipinski definition) is 8. The molecule has 10 nitrogen and oxygen atoms in total. The van der Waals surface area contributed by atoms with Crippen LogP contribution in [0.5, 0.6) is 11.5 Å². The van der Waals surface area contributed by atoms with Crippen LogP contribution in [-0.4, -0.2) is 73.1 Å². The van der Waals surface area contributed by atoms with E-state index in [9.17, 15) is 34.3 Å². The standard InChI is InChI=1S/C28H24BBrCl2N2O8/c1-42-15-5-8-20(35)18(10-15)22-16-6-7-17-21(19(16)11-27(31)25(38)33(12-30)26(39)28(22,27)32)24(37)34(23(17)36)14-4-2-3-13(9-14)29(40)41/h2-6,8-10,17,19,21-22,35,40-41H,7,11-12H2,1H3. The molecule has 2 heterocycles. The quantitative estimate of drug-likeness (QED) is 0.143. The fourth-order valence-corrected chi connectivity index (χ4v) is 8.49. The van der Waals surface area contributed by atoms with Crippen molar-refractivity contribution in [3.63, 3.8) is 0 Å². The normalized spacial score (nSPS) is 32.0. The molecule has 3 N–H and O–H groups in total. The summed E-state index contributed by atoms with van der Waals surface area (Å²) in [5.41, 5.74) is 0.822. The Hall–Kier alpha value is -2.90. The molecule has 2 aromatic carbocycles. The minimum absolute atomic E-state index is 0.101. The summed E-state index contributed by atoms with van der Waals surface area (Å²) in [5.74, 6) is -6.04. The zero-order valence-corrected chi connectivity index (χ0v) is 25.1. The highest BCUT2D eigenvalue weighted by molar-refractivity contribution is 9.09. The second kappa shape index (κ2) is 10.1. The number of methoxy groups -OCH3 is 1. The lowest BCUT2D eigenvalue weighted by Crippen LogP contribution is -2.60. The molecular weight excluding hydrogens is 654 g/mol. The molecular formula is C28H24BBrCl2N2O8. The number of phenols is 1. The number of aromatic hydroxyl groups is 1. The number of fused-ring (bicyclic) bond motifs is 4. The van der Waals surface area contributed by atoms with E-state index in [4.69, 9.17) is 27.9 Å². The number of carbonyl (C=O) groups excluding carboxylic acids is 4. The van der Waals surface area contributed by atoms with Crippen molar-refractivity contribution >= 4 is 81.0 Å². The molecule has 218 valence electrons. The number of phenolic OH excluding ortho intramolecular Hbond substituents is 1. The molecule has 2 saturated heterocycles. The maximum Gasteiger partial charge on any atom is 0.488 e. The Balaban J connectivity index is 1.52. The van der Waals surface area contributed by atoms with Crippen LogP contribution in [-0.2, 0) is 19.2 Å². The van der Waals surface area contributed by atoms with E-state index in [1.54, 1.807) is 6.08 Å². The number of carbonyl (C=O) groups is 4. The van der Waals surface area contributed by atoms with E-state index in [1.807, 2.05) is 0 Å². The number of amides is 4. The van der Waals surface area contributed by atoms with E-state index in [0.717, 1.165) is 9.80 Å². The van der Waals surface area contributed by atoms with Gasteiger partial charge in [0.15, 0.2) is 9.75 Å². The van der Waals surface area contributed by atoms with Gasteiger partial charge in [-0.05, 0) is 54.6 Å². The first kappa shape index (κ1) is 29.2. The molecule has 2 aromatic rings. The highest BCUT2D eigenvalue weighted by Crippen LogP contribution is 2.66. The van der Waals surface area contributed by atoms with Gasteiger partial charge < -0.3 is 19.9 Å². The maximum atomic E-state index is 14.1. The summed E-state index contributed by atoms with van der Waals surface area (Å²) in [7, 11) is -0.370. The third-order valence-electron chi connectivity index (χ3n) is 8.99. The number of allylic oxidation sites excluding steroid dienone is 2. The summed E-state index contributed by atoms with van der Waals surface area (Å²) in [6.07, 6.45) is 1.68. The van der Waals surface area contributed by atoms with Crippen LogP contribution in [0.3, 0.4) is 0 Å². The number of likely N-dealkylation sites (tertiary alicyclic amines) is 1. The van der Waals surface area contributed by atoms with Gasteiger partial charge in [-0.2, -0.15) is 0 Å². The van der Waals surface area contributed by atoms with Crippen LogP contribution in [0.1, 0.15) is 24.3 Å². The molecule has 6 unspecified atom stereocenters. The van der Waals surface area contributed by atoms with Gasteiger partial charge in [-0.1, -0.05) is 39.7 Å². The molecule has 14 heteroatoms. The number of alkyl halides is 3. The Morgan fingerprint density at radius 1 is 1.05 bits per heavy atom. The zero-order valence-electron chi connectivity index (χ0n) is 22.0. The Morgan fingerprint density at radius 2 is 1.79 bits per heavy atom. The lowest BCUT2D eigenvalue weighted by molar-refractivity contribution is -0.138. The van der Waals surface area contributed by atoms with Gasteiger partial charge >= 0.3 is 7.12 Å². The first-order valence-electron chi connectivity index (χ1n) is 13.1. The smallest absolute Gasteiger partial charge is 0.488 e. The number of nitrogens with zero attached hydrogens (tertiary/aromatic N) is 2. The summed E-state index contributed by atoms with van der Waals surface area (Å²) >= 11 is 17.6. The molecule has 6 atom stereocenters. The minimum Gasteiger partial charge on any atom is -0.508 e. The van der Waals surface area contributed by atoms with E-state index < -0.39 is 64.2 Å². The third-order valence-corrected chi connectivity index (χ3v) is 10.9. The van der Waals surface area contributed by atoms with Crippen molar-refractivity contribution in [3.8, 4) is 11.5 Å². The first-order valence-corrected chi connectivity index (χ1v) is 15.0. The number of ether oxygens (including phenoxy) is 1. The van der Waals surface area contributed by atoms with Crippen LogP contribution >= 0.6 is 39.1 Å². The van der Waals surface area contributed by atoms with E-state index in [2.05, 4.69) is 15.9 Å². The van der Waals surface area contributed by atoms with Crippen LogP contribution in [0.2, 0.25) is 0 Å². The lowest BCUT2D eigenvalue weighted by Gasteiger charge is -2.50. The van der Waals surface area contributed by atoms with Gasteiger partial charge in [0.1, 0.15) is 11.5 Å². The summed E-state index contributed by atoms with van der Waals surface area (Å²) < 4.78 is 5.37. The second-order valence-corrected chi connectivity index (χ2v) is 12.6. The largest absolute Gasteiger partial charge is 0.508 e. The fourth-order valence-electron chi connectivity index (χ4n) is 7.07. The summed E-state index contributed by atoms with van der Waals surface area (Å²) in [5, 5.41) is 30.3. The molecule has 4 aliphatic rings. The predicted molar refractivity (Wildman–Crippen MR) is 157 cm³/mol. The van der Waals surface area contributed by atoms with Crippen LogP contribution in [0.4, 0.5) is 5.69 Å². The van der Waals surface area contributed by atoms with Crippen LogP contribution in [0.25, 0.3) is 0 Å². The van der Waals surface area contributed by atoms with Crippen molar-refractivity contribution in [3.05, 3.63) is 59.7 Å². The highest BCUT2D eigenvalue weighted by Gasteiger charge is 2.76. The number of imide groups is 2. The van der Waals surface area contributed by atoms with Crippen molar-refractivity contribution in [1.29, 1.82) is 0 Å². The Morgan fingerprint density at radius 3 is 2.45 bits per heavy atom. The van der Waals surface area contributed by atoms with Gasteiger partial charge in [-0.3, -0.25) is 29.0 Å². The molecule has 0 bridgehead atoms. The number of halogens is 3. The van der Waals surface area contributed by atoms with Crippen LogP contribution in [0.15, 0.2) is 54.1 Å². The monoisotopic (exact) mass is 676 g/mol. The molecule has 6 rings (SSSR count). The lowest BCUT2D eigenvalue weighted by atomic mass is 9.56. The van der Waals surface area contributed by atoms with Crippen molar-refractivity contribution in [2.24, 2.45) is 17.8 Å². The molecule has 0 spiro atoms. The van der Waals surface area contributed by atoms with Gasteiger partial charge in [-0.15, -0.1) is 23.2 Å². The number of benzene rings is 2. The van der Waals surface area contributed by atoms with Gasteiger partial charge in [0.05, 0.1) is 30.1 Å². The number of anilines is 1.